The summed E-state index contributed by atoms with van der Waals surface area (Å²) in [6.07, 6.45) is 2.12. The van der Waals surface area contributed by atoms with E-state index in [-0.39, 0.29) is 23.2 Å². The van der Waals surface area contributed by atoms with Crippen LogP contribution in [0, 0.1) is 5.92 Å². The minimum absolute atomic E-state index is 0.0147. The molecule has 5 rings (SSSR count). The molecule has 10 heteroatoms. The van der Waals surface area contributed by atoms with Crippen molar-refractivity contribution < 1.29 is 27.8 Å². The third-order valence-electron chi connectivity index (χ3n) is 8.52. The molecule has 0 aliphatic carbocycles. The second-order valence-electron chi connectivity index (χ2n) is 11.5. The van der Waals surface area contributed by atoms with Gasteiger partial charge in [0, 0.05) is 44.0 Å². The number of aliphatic hydroxyl groups excluding tert-OH is 1. The lowest BCUT2D eigenvalue weighted by atomic mass is 9.99. The Morgan fingerprint density at radius 2 is 1.70 bits per heavy atom. The number of ether oxygens (including phenoxy) is 2. The highest BCUT2D eigenvalue weighted by Gasteiger charge is 2.24. The Morgan fingerprint density at radius 1 is 1.00 bits per heavy atom. The molecule has 0 spiro atoms. The van der Waals surface area contributed by atoms with Crippen molar-refractivity contribution in [3.8, 4) is 5.75 Å². The second kappa shape index (κ2) is 15.0. The molecular weight excluding hydrogens is 578 g/mol. The third-order valence-corrected chi connectivity index (χ3v) is 10.3. The Balaban J connectivity index is 1.08. The quantitative estimate of drug-likeness (QED) is 0.298. The van der Waals surface area contributed by atoms with E-state index in [1.807, 2.05) is 12.1 Å². The van der Waals surface area contributed by atoms with Crippen LogP contribution in [0.5, 0.6) is 5.75 Å². The molecule has 2 aliphatic rings. The number of nitrogens with one attached hydrogen (secondary N) is 1. The normalized spacial score (nSPS) is 18.2. The van der Waals surface area contributed by atoms with Crippen LogP contribution >= 0.6 is 0 Å². The van der Waals surface area contributed by atoms with Crippen LogP contribution in [0.4, 0.5) is 5.69 Å². The van der Waals surface area contributed by atoms with E-state index in [1.54, 1.807) is 31.2 Å². The number of morpholine rings is 1. The van der Waals surface area contributed by atoms with Crippen LogP contribution in [0.1, 0.15) is 40.9 Å². The SMILES string of the molecule is CCS(=O)(=O)c1ccc(C(CO)NC(=O)c2ccc(N3CCC(Cc4ccc(OCCN5CCOCC5)cc4)C3)cc2)cc1. The van der Waals surface area contributed by atoms with Gasteiger partial charge in [0.15, 0.2) is 9.84 Å². The van der Waals surface area contributed by atoms with Gasteiger partial charge in [-0.2, -0.15) is 0 Å². The van der Waals surface area contributed by atoms with E-state index in [0.29, 0.717) is 23.7 Å². The average Bonchev–Trinajstić information content (AvgIpc) is 3.53. The molecular formula is C34H43N3O6S. The fourth-order valence-corrected chi connectivity index (χ4v) is 6.66. The van der Waals surface area contributed by atoms with E-state index in [0.717, 1.165) is 70.2 Å². The van der Waals surface area contributed by atoms with Crippen LogP contribution in [0.25, 0.3) is 0 Å². The van der Waals surface area contributed by atoms with Crippen molar-refractivity contribution >= 4 is 21.4 Å². The van der Waals surface area contributed by atoms with E-state index >= 15 is 0 Å². The first-order valence-corrected chi connectivity index (χ1v) is 17.1. The minimum Gasteiger partial charge on any atom is -0.492 e. The van der Waals surface area contributed by atoms with Crippen molar-refractivity contribution in [2.75, 3.05) is 69.8 Å². The van der Waals surface area contributed by atoms with Crippen molar-refractivity contribution in [1.29, 1.82) is 0 Å². The topological polar surface area (TPSA) is 108 Å². The van der Waals surface area contributed by atoms with E-state index < -0.39 is 15.9 Å². The maximum absolute atomic E-state index is 13.0. The van der Waals surface area contributed by atoms with Crippen LogP contribution in [0.15, 0.2) is 77.7 Å². The average molecular weight is 622 g/mol. The van der Waals surface area contributed by atoms with Crippen LogP contribution in [0.2, 0.25) is 0 Å². The highest BCUT2D eigenvalue weighted by atomic mass is 32.2. The number of amides is 1. The Labute approximate surface area is 260 Å². The molecule has 3 aromatic carbocycles. The molecule has 3 aromatic rings. The fraction of sp³-hybridized carbons (Fsp3) is 0.441. The zero-order chi connectivity index (χ0) is 30.9. The smallest absolute Gasteiger partial charge is 0.251 e. The maximum atomic E-state index is 13.0. The lowest BCUT2D eigenvalue weighted by Gasteiger charge is -2.26. The molecule has 0 saturated carbocycles. The Hall–Kier alpha value is -3.44. The van der Waals surface area contributed by atoms with Gasteiger partial charge >= 0.3 is 0 Å². The van der Waals surface area contributed by atoms with E-state index in [2.05, 4.69) is 39.4 Å². The number of anilines is 1. The van der Waals surface area contributed by atoms with Crippen molar-refractivity contribution in [3.05, 3.63) is 89.5 Å². The molecule has 2 heterocycles. The number of nitrogens with zero attached hydrogens (tertiary/aromatic N) is 2. The predicted octanol–water partition coefficient (Wildman–Crippen LogP) is 3.72. The van der Waals surface area contributed by atoms with E-state index in [1.165, 1.54) is 17.7 Å². The number of hydrogen-bond donors (Lipinski definition) is 2. The molecule has 2 unspecified atom stereocenters. The van der Waals surface area contributed by atoms with Gasteiger partial charge in [-0.1, -0.05) is 31.2 Å². The van der Waals surface area contributed by atoms with Crippen molar-refractivity contribution in [1.82, 2.24) is 10.2 Å². The van der Waals surface area contributed by atoms with Crippen molar-refractivity contribution in [2.45, 2.75) is 30.7 Å². The Bertz CT molecular complexity index is 1460. The number of carbonyl (C=O) groups is 1. The highest BCUT2D eigenvalue weighted by molar-refractivity contribution is 7.91. The summed E-state index contributed by atoms with van der Waals surface area (Å²) < 4.78 is 35.5. The zero-order valence-electron chi connectivity index (χ0n) is 25.4. The van der Waals surface area contributed by atoms with E-state index in [4.69, 9.17) is 9.47 Å². The molecule has 2 N–H and O–H groups in total. The molecule has 44 heavy (non-hydrogen) atoms. The summed E-state index contributed by atoms with van der Waals surface area (Å²) in [6, 6.07) is 21.7. The molecule has 0 aromatic heterocycles. The van der Waals surface area contributed by atoms with Gasteiger partial charge in [-0.3, -0.25) is 9.69 Å². The second-order valence-corrected chi connectivity index (χ2v) is 13.8. The van der Waals surface area contributed by atoms with Gasteiger partial charge in [0.05, 0.1) is 36.5 Å². The lowest BCUT2D eigenvalue weighted by Crippen LogP contribution is -2.38. The van der Waals surface area contributed by atoms with Gasteiger partial charge in [0.2, 0.25) is 0 Å². The first-order chi connectivity index (χ1) is 21.3. The fourth-order valence-electron chi connectivity index (χ4n) is 5.78. The summed E-state index contributed by atoms with van der Waals surface area (Å²) in [5.74, 6) is 1.18. The third kappa shape index (κ3) is 8.38. The lowest BCUT2D eigenvalue weighted by molar-refractivity contribution is 0.0322. The monoisotopic (exact) mass is 621 g/mol. The molecule has 0 bridgehead atoms. The minimum atomic E-state index is -3.31. The van der Waals surface area contributed by atoms with Crippen LogP contribution in [0.3, 0.4) is 0 Å². The summed E-state index contributed by atoms with van der Waals surface area (Å²) in [5.41, 5.74) is 3.53. The highest BCUT2D eigenvalue weighted by Crippen LogP contribution is 2.27. The van der Waals surface area contributed by atoms with Crippen molar-refractivity contribution in [3.63, 3.8) is 0 Å². The molecule has 2 atom stereocenters. The van der Waals surface area contributed by atoms with Gasteiger partial charge in [0.1, 0.15) is 12.4 Å². The maximum Gasteiger partial charge on any atom is 0.251 e. The van der Waals surface area contributed by atoms with Crippen LogP contribution in [-0.2, 0) is 21.0 Å². The van der Waals surface area contributed by atoms with Crippen LogP contribution < -0.4 is 15.0 Å². The van der Waals surface area contributed by atoms with Gasteiger partial charge in [-0.15, -0.1) is 0 Å². The summed E-state index contributed by atoms with van der Waals surface area (Å²) in [6.45, 7) is 8.36. The Kier molecular flexibility index (Phi) is 10.9. The van der Waals surface area contributed by atoms with Crippen molar-refractivity contribution in [2.24, 2.45) is 5.92 Å². The number of hydrogen-bond acceptors (Lipinski definition) is 8. The number of carbonyl (C=O) groups excluding carboxylic acids is 1. The predicted molar refractivity (Wildman–Crippen MR) is 171 cm³/mol. The summed E-state index contributed by atoms with van der Waals surface area (Å²) in [7, 11) is -3.31. The number of sulfone groups is 1. The number of rotatable bonds is 13. The van der Waals surface area contributed by atoms with Gasteiger partial charge in [-0.25, -0.2) is 8.42 Å². The summed E-state index contributed by atoms with van der Waals surface area (Å²) >= 11 is 0. The zero-order valence-corrected chi connectivity index (χ0v) is 26.2. The molecule has 0 radical (unpaired) electrons. The number of aliphatic hydroxyl groups is 1. The summed E-state index contributed by atoms with van der Waals surface area (Å²) in [4.78, 5) is 17.9. The molecule has 9 nitrogen and oxygen atoms in total. The van der Waals surface area contributed by atoms with E-state index in [9.17, 15) is 18.3 Å². The number of benzene rings is 3. The van der Waals surface area contributed by atoms with Crippen LogP contribution in [-0.4, -0.2) is 89.2 Å². The van der Waals surface area contributed by atoms with Gasteiger partial charge in [0.25, 0.3) is 5.91 Å². The molecule has 1 amide bonds. The van der Waals surface area contributed by atoms with Gasteiger partial charge < -0.3 is 24.8 Å². The molecule has 2 fully saturated rings. The standard InChI is InChI=1S/C34H43N3O6S/c1-2-44(40,41)32-13-7-28(8-14-32)33(25-38)35-34(39)29-5-9-30(10-6-29)37-16-15-27(24-37)23-26-3-11-31(12-4-26)43-22-19-36-17-20-42-21-18-36/h3-14,27,33,38H,2,15-25H2,1H3,(H,35,39). The molecule has 2 aliphatic heterocycles. The Morgan fingerprint density at radius 3 is 2.36 bits per heavy atom. The molecule has 2 saturated heterocycles. The van der Waals surface area contributed by atoms with Gasteiger partial charge in [-0.05, 0) is 78.4 Å². The summed E-state index contributed by atoms with van der Waals surface area (Å²) in [5, 5.41) is 12.8. The first-order valence-electron chi connectivity index (χ1n) is 15.5. The first kappa shape index (κ1) is 32.0. The largest absolute Gasteiger partial charge is 0.492 e. The molecule has 236 valence electrons.